The summed E-state index contributed by atoms with van der Waals surface area (Å²) in [5.41, 5.74) is 6.98. The first-order valence-corrected chi connectivity index (χ1v) is 6.89. The molecule has 1 aromatic carbocycles. The molecule has 0 aromatic heterocycles. The van der Waals surface area contributed by atoms with Crippen molar-refractivity contribution < 1.29 is 14.7 Å². The summed E-state index contributed by atoms with van der Waals surface area (Å²) in [6.07, 6.45) is 1.84. The van der Waals surface area contributed by atoms with Gasteiger partial charge in [0.25, 0.3) is 0 Å². The van der Waals surface area contributed by atoms with Crippen molar-refractivity contribution in [1.82, 2.24) is 4.90 Å². The molecule has 1 unspecified atom stereocenters. The van der Waals surface area contributed by atoms with Crippen LogP contribution in [0.4, 0.5) is 0 Å². The van der Waals surface area contributed by atoms with Crippen LogP contribution in [-0.4, -0.2) is 41.0 Å². The van der Waals surface area contributed by atoms with Gasteiger partial charge in [-0.3, -0.25) is 9.59 Å². The number of nitrogens with two attached hydrogens (primary N) is 1. The molecule has 0 aliphatic carbocycles. The fourth-order valence-corrected chi connectivity index (χ4v) is 2.57. The first-order chi connectivity index (χ1) is 9.58. The van der Waals surface area contributed by atoms with E-state index in [1.165, 1.54) is 0 Å². The van der Waals surface area contributed by atoms with E-state index in [1.54, 1.807) is 4.90 Å². The highest BCUT2D eigenvalue weighted by molar-refractivity contribution is 5.83. The number of amides is 1. The number of carboxylic acid groups (broad SMARTS) is 1. The molecule has 1 fully saturated rings. The first kappa shape index (κ1) is 14.5. The van der Waals surface area contributed by atoms with Crippen molar-refractivity contribution in [3.8, 4) is 0 Å². The molecule has 1 saturated heterocycles. The molecule has 2 atom stereocenters. The van der Waals surface area contributed by atoms with Crippen LogP contribution in [0.3, 0.4) is 0 Å². The number of nitrogens with zero attached hydrogens (tertiary/aromatic N) is 1. The number of carboxylic acids is 1. The molecular formula is C15H20N2O3. The number of likely N-dealkylation sites (tertiary alicyclic amines) is 1. The van der Waals surface area contributed by atoms with Crippen LogP contribution in [0.5, 0.6) is 0 Å². The Morgan fingerprint density at radius 3 is 2.70 bits per heavy atom. The lowest BCUT2D eigenvalue weighted by Crippen LogP contribution is -2.49. The molecule has 3 N–H and O–H groups in total. The SMILES string of the molecule is NC(Cc1ccccc1)C(=O)N1CCC[C@H](C(=O)O)C1. The molecular weight excluding hydrogens is 256 g/mol. The molecule has 108 valence electrons. The van der Waals surface area contributed by atoms with Gasteiger partial charge in [0.05, 0.1) is 12.0 Å². The minimum absolute atomic E-state index is 0.153. The molecule has 2 rings (SSSR count). The highest BCUT2D eigenvalue weighted by atomic mass is 16.4. The van der Waals surface area contributed by atoms with E-state index >= 15 is 0 Å². The van der Waals surface area contributed by atoms with E-state index in [4.69, 9.17) is 10.8 Å². The lowest BCUT2D eigenvalue weighted by Gasteiger charge is -2.32. The average Bonchev–Trinajstić information content (AvgIpc) is 2.47. The number of rotatable bonds is 4. The second-order valence-electron chi connectivity index (χ2n) is 5.26. The van der Waals surface area contributed by atoms with Gasteiger partial charge in [-0.15, -0.1) is 0 Å². The molecule has 20 heavy (non-hydrogen) atoms. The molecule has 5 heteroatoms. The van der Waals surface area contributed by atoms with Crippen molar-refractivity contribution in [2.75, 3.05) is 13.1 Å². The fraction of sp³-hybridized carbons (Fsp3) is 0.467. The number of hydrogen-bond acceptors (Lipinski definition) is 3. The van der Waals surface area contributed by atoms with Crippen LogP contribution in [0, 0.1) is 5.92 Å². The summed E-state index contributed by atoms with van der Waals surface area (Å²) >= 11 is 0. The van der Waals surface area contributed by atoms with E-state index in [2.05, 4.69) is 0 Å². The van der Waals surface area contributed by atoms with E-state index in [0.29, 0.717) is 19.4 Å². The number of benzene rings is 1. The lowest BCUT2D eigenvalue weighted by atomic mass is 9.97. The molecule has 0 bridgehead atoms. The first-order valence-electron chi connectivity index (χ1n) is 6.89. The predicted molar refractivity (Wildman–Crippen MR) is 75.1 cm³/mol. The van der Waals surface area contributed by atoms with Gasteiger partial charge < -0.3 is 15.7 Å². The Bertz CT molecular complexity index is 475. The minimum Gasteiger partial charge on any atom is -0.481 e. The summed E-state index contributed by atoms with van der Waals surface area (Å²) in [7, 11) is 0. The van der Waals surface area contributed by atoms with Gasteiger partial charge in [0.15, 0.2) is 0 Å². The number of carbonyl (C=O) groups excluding carboxylic acids is 1. The lowest BCUT2D eigenvalue weighted by molar-refractivity contribution is -0.146. The maximum atomic E-state index is 12.3. The normalized spacial score (nSPS) is 20.4. The summed E-state index contributed by atoms with van der Waals surface area (Å²) in [6, 6.07) is 9.00. The summed E-state index contributed by atoms with van der Waals surface area (Å²) in [5.74, 6) is -1.45. The van der Waals surface area contributed by atoms with Crippen molar-refractivity contribution in [3.63, 3.8) is 0 Å². The third-order valence-electron chi connectivity index (χ3n) is 3.70. The van der Waals surface area contributed by atoms with Crippen LogP contribution in [0.2, 0.25) is 0 Å². The highest BCUT2D eigenvalue weighted by Gasteiger charge is 2.30. The zero-order valence-corrected chi connectivity index (χ0v) is 11.4. The Kier molecular flexibility index (Phi) is 4.74. The molecule has 0 radical (unpaired) electrons. The summed E-state index contributed by atoms with van der Waals surface area (Å²) < 4.78 is 0. The molecule has 0 saturated carbocycles. The van der Waals surface area contributed by atoms with Crippen molar-refractivity contribution in [3.05, 3.63) is 35.9 Å². The summed E-state index contributed by atoms with van der Waals surface area (Å²) in [6.45, 7) is 0.877. The molecule has 1 amide bonds. The van der Waals surface area contributed by atoms with Crippen molar-refractivity contribution in [1.29, 1.82) is 0 Å². The standard InChI is InChI=1S/C15H20N2O3/c16-13(9-11-5-2-1-3-6-11)14(18)17-8-4-7-12(10-17)15(19)20/h1-3,5-6,12-13H,4,7-10,16H2,(H,19,20)/t12-,13?/m0/s1. The van der Waals surface area contributed by atoms with Gasteiger partial charge in [-0.2, -0.15) is 0 Å². The fourth-order valence-electron chi connectivity index (χ4n) is 2.57. The Balaban J connectivity index is 1.94. The Hall–Kier alpha value is -1.88. The average molecular weight is 276 g/mol. The van der Waals surface area contributed by atoms with Crippen LogP contribution in [0.15, 0.2) is 30.3 Å². The molecule has 1 aromatic rings. The summed E-state index contributed by atoms with van der Waals surface area (Å²) in [4.78, 5) is 24.9. The third-order valence-corrected chi connectivity index (χ3v) is 3.70. The van der Waals surface area contributed by atoms with Crippen molar-refractivity contribution in [2.45, 2.75) is 25.3 Å². The number of aliphatic carboxylic acids is 1. The Morgan fingerprint density at radius 2 is 2.05 bits per heavy atom. The van der Waals surface area contributed by atoms with Gasteiger partial charge in [-0.25, -0.2) is 0 Å². The number of carbonyl (C=O) groups is 2. The monoisotopic (exact) mass is 276 g/mol. The number of piperidine rings is 1. The molecule has 1 heterocycles. The highest BCUT2D eigenvalue weighted by Crippen LogP contribution is 2.17. The van der Waals surface area contributed by atoms with Gasteiger partial charge >= 0.3 is 5.97 Å². The van der Waals surface area contributed by atoms with E-state index in [-0.39, 0.29) is 12.5 Å². The Morgan fingerprint density at radius 1 is 1.35 bits per heavy atom. The number of hydrogen-bond donors (Lipinski definition) is 2. The molecule has 1 aliphatic rings. The van der Waals surface area contributed by atoms with Crippen LogP contribution < -0.4 is 5.73 Å². The van der Waals surface area contributed by atoms with Gasteiger partial charge in [0, 0.05) is 13.1 Å². The maximum absolute atomic E-state index is 12.3. The zero-order valence-electron chi connectivity index (χ0n) is 11.4. The molecule has 1 aliphatic heterocycles. The van der Waals surface area contributed by atoms with E-state index < -0.39 is 17.9 Å². The smallest absolute Gasteiger partial charge is 0.308 e. The molecule has 5 nitrogen and oxygen atoms in total. The van der Waals surface area contributed by atoms with Crippen LogP contribution in [-0.2, 0) is 16.0 Å². The van der Waals surface area contributed by atoms with Gasteiger partial charge in [-0.05, 0) is 24.8 Å². The predicted octanol–water partition coefficient (Wildman–Crippen LogP) is 0.880. The Labute approximate surface area is 118 Å². The zero-order chi connectivity index (χ0) is 14.5. The minimum atomic E-state index is -0.834. The maximum Gasteiger partial charge on any atom is 0.308 e. The van der Waals surface area contributed by atoms with Crippen LogP contribution in [0.25, 0.3) is 0 Å². The van der Waals surface area contributed by atoms with Crippen molar-refractivity contribution in [2.24, 2.45) is 11.7 Å². The second kappa shape index (κ2) is 6.52. The van der Waals surface area contributed by atoms with Crippen molar-refractivity contribution >= 4 is 11.9 Å². The van der Waals surface area contributed by atoms with E-state index in [9.17, 15) is 9.59 Å². The third kappa shape index (κ3) is 3.57. The van der Waals surface area contributed by atoms with Crippen LogP contribution >= 0.6 is 0 Å². The van der Waals surface area contributed by atoms with Gasteiger partial charge in [-0.1, -0.05) is 30.3 Å². The molecule has 0 spiro atoms. The van der Waals surface area contributed by atoms with Gasteiger partial charge in [0.2, 0.25) is 5.91 Å². The quantitative estimate of drug-likeness (QED) is 0.855. The van der Waals surface area contributed by atoms with Crippen LogP contribution in [0.1, 0.15) is 18.4 Å². The van der Waals surface area contributed by atoms with Gasteiger partial charge in [0.1, 0.15) is 0 Å². The van der Waals surface area contributed by atoms with E-state index in [0.717, 1.165) is 12.0 Å². The van der Waals surface area contributed by atoms with E-state index in [1.807, 2.05) is 30.3 Å². The second-order valence-corrected chi connectivity index (χ2v) is 5.26. The largest absolute Gasteiger partial charge is 0.481 e. The summed E-state index contributed by atoms with van der Waals surface area (Å²) in [5, 5.41) is 9.04. The topological polar surface area (TPSA) is 83.6 Å².